The van der Waals surface area contributed by atoms with E-state index in [0.29, 0.717) is 26.8 Å². The van der Waals surface area contributed by atoms with Crippen LogP contribution in [-0.4, -0.2) is 40.2 Å². The van der Waals surface area contributed by atoms with Crippen molar-refractivity contribution in [1.82, 2.24) is 0 Å². The van der Waals surface area contributed by atoms with Gasteiger partial charge in [0.2, 0.25) is 0 Å². The van der Waals surface area contributed by atoms with Crippen molar-refractivity contribution >= 4 is 0 Å². The molecule has 0 atom stereocenters. The Labute approximate surface area is 594 Å². The molecule has 8 aromatic carbocycles. The maximum Gasteiger partial charge on any atom is 0.150 e. The zero-order valence-electron chi connectivity index (χ0n) is 64.0. The van der Waals surface area contributed by atoms with Crippen LogP contribution in [-0.2, 0) is 80.3 Å². The van der Waals surface area contributed by atoms with E-state index in [1.165, 1.54) is 173 Å². The second-order valence-electron chi connectivity index (χ2n) is 25.5. The standard InChI is InChI=1S/C13H20O3.C13H20.C12H18O2.C12H18.C11H16O.C11H16.C10H14.C9H12/c1-3-8-14-10-16-11-15-9-13-6-4-12(2)5-7-13;1-3-4-5-6-7-13-10-8-12(2)9-11-13;1-3-8-13-10-14-9-12-6-4-11(2)5-7-12;1-3-4-5-6-12-9-7-11(2)8-10-12;1-3-8-12-9-11-6-4-10(2)5-7-11;1-3-4-5-11-8-6-10(2)7-9-11;1-3-4-10-7-5-9(2)6-8-10;1-3-9-6-4-8(2)5-7-9/h4-7H,3,8-11H2,1-2H3;8-11H,3-7H2,1-2H3;4-7H,3,8-10H2,1-2H3;7-10H,3-6H2,1-2H3;4-7H,3,8-9H2,1-2H3;6-9H,3-5H2,1-2H3;5-8H,3-4H2,1-2H3;4-7H,3H2,1-2H3. The average Bonchev–Trinajstić information content (AvgIpc) is 2.86. The van der Waals surface area contributed by atoms with Crippen molar-refractivity contribution in [1.29, 1.82) is 0 Å². The van der Waals surface area contributed by atoms with Gasteiger partial charge in [-0.05, 0) is 171 Å². The van der Waals surface area contributed by atoms with Gasteiger partial charge in [0.15, 0.2) is 0 Å². The summed E-state index contributed by atoms with van der Waals surface area (Å²) in [6.45, 7) is 39.5. The second-order valence-corrected chi connectivity index (χ2v) is 25.5. The molecule has 0 saturated carbocycles. The van der Waals surface area contributed by atoms with Crippen LogP contribution in [0.3, 0.4) is 0 Å². The number of aryl methyl sites for hydroxylation is 13. The van der Waals surface area contributed by atoms with Crippen LogP contribution < -0.4 is 0 Å². The van der Waals surface area contributed by atoms with E-state index < -0.39 is 0 Å². The topological polar surface area (TPSA) is 55.4 Å². The minimum absolute atomic E-state index is 0.275. The lowest BCUT2D eigenvalue weighted by Gasteiger charge is -2.06. The quantitative estimate of drug-likeness (QED) is 0.0302. The molecule has 8 rings (SSSR count). The maximum atomic E-state index is 5.41. The lowest BCUT2D eigenvalue weighted by Crippen LogP contribution is -2.05. The Hall–Kier alpha value is -6.48. The summed E-state index contributed by atoms with van der Waals surface area (Å²) < 4.78 is 31.6. The second kappa shape index (κ2) is 61.8. The summed E-state index contributed by atoms with van der Waals surface area (Å²) in [4.78, 5) is 0. The molecule has 6 heteroatoms. The summed E-state index contributed by atoms with van der Waals surface area (Å²) in [6.07, 6.45) is 22.5. The van der Waals surface area contributed by atoms with Crippen LogP contribution in [0.1, 0.15) is 228 Å². The van der Waals surface area contributed by atoms with Crippen molar-refractivity contribution in [3.8, 4) is 0 Å². The summed E-state index contributed by atoms with van der Waals surface area (Å²) in [5.74, 6) is 0. The van der Waals surface area contributed by atoms with Crippen molar-refractivity contribution in [3.05, 3.63) is 283 Å². The minimum atomic E-state index is 0.275. The van der Waals surface area contributed by atoms with Gasteiger partial charge < -0.3 is 28.4 Å². The Balaban J connectivity index is 0.000000557. The van der Waals surface area contributed by atoms with E-state index in [2.05, 4.69) is 305 Å². The highest BCUT2D eigenvalue weighted by Crippen LogP contribution is 2.13. The molecule has 97 heavy (non-hydrogen) atoms. The van der Waals surface area contributed by atoms with E-state index >= 15 is 0 Å². The molecular weight excluding hydrogens is 1190 g/mol. The Morgan fingerprint density at radius 3 is 0.722 bits per heavy atom. The predicted octanol–water partition coefficient (Wildman–Crippen LogP) is 25.4. The van der Waals surface area contributed by atoms with Crippen molar-refractivity contribution in [2.45, 2.75) is 246 Å². The van der Waals surface area contributed by atoms with Crippen molar-refractivity contribution in [2.75, 3.05) is 40.2 Å². The fourth-order valence-corrected chi connectivity index (χ4v) is 9.17. The Bertz CT molecular complexity index is 2900. The molecule has 0 saturated heterocycles. The van der Waals surface area contributed by atoms with Crippen LogP contribution in [0.25, 0.3) is 0 Å². The molecule has 0 radical (unpaired) electrons. The van der Waals surface area contributed by atoms with E-state index in [1.807, 2.05) is 0 Å². The Kier molecular flexibility index (Phi) is 56.4. The van der Waals surface area contributed by atoms with Crippen LogP contribution >= 0.6 is 0 Å². The van der Waals surface area contributed by atoms with E-state index in [0.717, 1.165) is 57.7 Å². The molecule has 0 aliphatic carbocycles. The highest BCUT2D eigenvalue weighted by atomic mass is 16.7. The van der Waals surface area contributed by atoms with Gasteiger partial charge >= 0.3 is 0 Å². The number of hydrogen-bond donors (Lipinski definition) is 0. The first kappa shape index (κ1) is 88.5. The zero-order valence-corrected chi connectivity index (χ0v) is 64.0. The van der Waals surface area contributed by atoms with Gasteiger partial charge in [-0.2, -0.15) is 0 Å². The van der Waals surface area contributed by atoms with E-state index in [-0.39, 0.29) is 6.79 Å². The largest absolute Gasteiger partial charge is 0.377 e. The first-order valence-electron chi connectivity index (χ1n) is 37.0. The van der Waals surface area contributed by atoms with Gasteiger partial charge in [0.05, 0.1) is 19.8 Å². The van der Waals surface area contributed by atoms with Crippen LogP contribution in [0.5, 0.6) is 0 Å². The molecule has 0 spiro atoms. The summed E-state index contributed by atoms with van der Waals surface area (Å²) in [7, 11) is 0. The maximum absolute atomic E-state index is 5.41. The van der Waals surface area contributed by atoms with Gasteiger partial charge in [-0.1, -0.05) is 339 Å². The third-order valence-corrected chi connectivity index (χ3v) is 15.5. The molecule has 6 nitrogen and oxygen atoms in total. The molecule has 0 unspecified atom stereocenters. The SMILES string of the molecule is CCCCCCc1ccc(C)cc1.CCCCCc1ccc(C)cc1.CCCCc1ccc(C)cc1.CCCOCOCOCc1ccc(C)cc1.CCCOCOCc1ccc(C)cc1.CCCOCc1ccc(C)cc1.CCCc1ccc(C)cc1.CCc1ccc(C)cc1. The third kappa shape index (κ3) is 52.3. The molecule has 0 aromatic heterocycles. The van der Waals surface area contributed by atoms with Crippen LogP contribution in [0, 0.1) is 55.4 Å². The number of unbranched alkanes of at least 4 members (excludes halogenated alkanes) is 6. The molecular formula is C91H134O6. The van der Waals surface area contributed by atoms with Gasteiger partial charge in [-0.25, -0.2) is 0 Å². The molecule has 0 fully saturated rings. The molecule has 0 heterocycles. The summed E-state index contributed by atoms with van der Waals surface area (Å²) in [6, 6.07) is 69.1. The van der Waals surface area contributed by atoms with Gasteiger partial charge in [-0.15, -0.1) is 0 Å². The van der Waals surface area contributed by atoms with E-state index in [9.17, 15) is 0 Å². The van der Waals surface area contributed by atoms with Crippen LogP contribution in [0.4, 0.5) is 0 Å². The zero-order chi connectivity index (χ0) is 71.2. The molecule has 0 aliphatic rings. The third-order valence-electron chi connectivity index (χ3n) is 15.5. The van der Waals surface area contributed by atoms with Gasteiger partial charge in [0, 0.05) is 19.8 Å². The first-order valence-corrected chi connectivity index (χ1v) is 37.0. The Morgan fingerprint density at radius 1 is 0.186 bits per heavy atom. The van der Waals surface area contributed by atoms with Gasteiger partial charge in [0.25, 0.3) is 0 Å². The number of ether oxygens (including phenoxy) is 6. The number of rotatable bonds is 33. The number of benzene rings is 8. The van der Waals surface area contributed by atoms with Crippen LogP contribution in [0.15, 0.2) is 194 Å². The smallest absolute Gasteiger partial charge is 0.150 e. The lowest BCUT2D eigenvalue weighted by molar-refractivity contribution is -0.135. The summed E-state index contributed by atoms with van der Waals surface area (Å²) in [5, 5.41) is 0. The summed E-state index contributed by atoms with van der Waals surface area (Å²) >= 11 is 0. The van der Waals surface area contributed by atoms with Gasteiger partial charge in [0.1, 0.15) is 20.4 Å². The predicted molar refractivity (Wildman–Crippen MR) is 420 cm³/mol. The molecule has 0 N–H and O–H groups in total. The van der Waals surface area contributed by atoms with Gasteiger partial charge in [-0.3, -0.25) is 0 Å². The van der Waals surface area contributed by atoms with Crippen LogP contribution in [0.2, 0.25) is 0 Å². The fourth-order valence-electron chi connectivity index (χ4n) is 9.17. The highest BCUT2D eigenvalue weighted by molar-refractivity contribution is 5.26. The average molecular weight is 1320 g/mol. The lowest BCUT2D eigenvalue weighted by atomic mass is 10.1. The fraction of sp³-hybridized carbons (Fsp3) is 0.473. The van der Waals surface area contributed by atoms with E-state index in [1.54, 1.807) is 0 Å². The van der Waals surface area contributed by atoms with Crippen molar-refractivity contribution in [3.63, 3.8) is 0 Å². The van der Waals surface area contributed by atoms with Crippen molar-refractivity contribution in [2.24, 2.45) is 0 Å². The molecule has 0 bridgehead atoms. The van der Waals surface area contributed by atoms with Crippen molar-refractivity contribution < 1.29 is 28.4 Å². The molecule has 0 amide bonds. The summed E-state index contributed by atoms with van der Waals surface area (Å²) in [5.41, 5.74) is 21.5. The van der Waals surface area contributed by atoms with E-state index in [4.69, 9.17) is 28.4 Å². The normalized spacial score (nSPS) is 10.2. The monoisotopic (exact) mass is 1320 g/mol. The minimum Gasteiger partial charge on any atom is -0.377 e. The Morgan fingerprint density at radius 2 is 0.423 bits per heavy atom. The molecule has 8 aromatic rings. The highest BCUT2D eigenvalue weighted by Gasteiger charge is 1.98. The molecule has 0 aliphatic heterocycles. The first-order chi connectivity index (χ1) is 47.1. The number of hydrogen-bond acceptors (Lipinski definition) is 6. The molecule has 534 valence electrons.